The summed E-state index contributed by atoms with van der Waals surface area (Å²) >= 11 is 0. The third-order valence-corrected chi connectivity index (χ3v) is 3.66. The fourth-order valence-corrected chi connectivity index (χ4v) is 2.45. The van der Waals surface area contributed by atoms with E-state index in [0.717, 1.165) is 29.6 Å². The van der Waals surface area contributed by atoms with Crippen molar-refractivity contribution < 1.29 is 9.15 Å². The molecule has 1 saturated carbocycles. The molecule has 0 aliphatic heterocycles. The Morgan fingerprint density at radius 3 is 2.79 bits per heavy atom. The lowest BCUT2D eigenvalue weighted by Crippen LogP contribution is -2.05. The summed E-state index contributed by atoms with van der Waals surface area (Å²) in [5.41, 5.74) is 10.3. The second-order valence-corrected chi connectivity index (χ2v) is 5.06. The van der Waals surface area contributed by atoms with Gasteiger partial charge in [0, 0.05) is 5.39 Å². The van der Waals surface area contributed by atoms with Crippen LogP contribution in [-0.2, 0) is 4.74 Å². The fourth-order valence-electron chi connectivity index (χ4n) is 2.45. The first-order valence-electron chi connectivity index (χ1n) is 6.84. The van der Waals surface area contributed by atoms with E-state index in [1.54, 1.807) is 0 Å². The number of benzene rings is 1. The molecule has 3 rings (SSSR count). The lowest BCUT2D eigenvalue weighted by Gasteiger charge is -2.20. The smallest absolute Gasteiger partial charge is 0.192 e. The second-order valence-electron chi connectivity index (χ2n) is 5.06. The van der Waals surface area contributed by atoms with E-state index >= 15 is 0 Å². The van der Waals surface area contributed by atoms with E-state index in [9.17, 15) is 0 Å². The van der Waals surface area contributed by atoms with Gasteiger partial charge < -0.3 is 14.9 Å². The van der Waals surface area contributed by atoms with Crippen LogP contribution in [-0.4, -0.2) is 6.61 Å². The van der Waals surface area contributed by atoms with Crippen LogP contribution in [0.15, 0.2) is 28.2 Å². The normalized spacial score (nSPS) is 14.5. The molecule has 0 unspecified atom stereocenters. The summed E-state index contributed by atoms with van der Waals surface area (Å²) in [6.07, 6.45) is 3.40. The zero-order valence-corrected chi connectivity index (χ0v) is 11.5. The number of nitrogen functional groups attached to an aromatic ring is 1. The fraction of sp³-hybridized carbons (Fsp3) is 0.375. The maximum absolute atomic E-state index is 6.23. The molecule has 1 aliphatic carbocycles. The van der Waals surface area contributed by atoms with Crippen molar-refractivity contribution in [3.8, 4) is 0 Å². The molecule has 1 aliphatic rings. The minimum atomic E-state index is 0.633. The molecule has 0 spiro atoms. The first-order chi connectivity index (χ1) is 9.20. The van der Waals surface area contributed by atoms with Crippen LogP contribution in [0.2, 0.25) is 0 Å². The summed E-state index contributed by atoms with van der Waals surface area (Å²) in [6, 6.07) is 6.08. The summed E-state index contributed by atoms with van der Waals surface area (Å²) in [5.74, 6) is 1.57. The summed E-state index contributed by atoms with van der Waals surface area (Å²) < 4.78 is 11.7. The first-order valence-corrected chi connectivity index (χ1v) is 6.84. The van der Waals surface area contributed by atoms with Crippen LogP contribution < -0.4 is 5.73 Å². The van der Waals surface area contributed by atoms with E-state index in [4.69, 9.17) is 14.9 Å². The molecule has 2 aromatic rings. The van der Waals surface area contributed by atoms with Gasteiger partial charge in [-0.25, -0.2) is 0 Å². The molecule has 3 nitrogen and oxygen atoms in total. The monoisotopic (exact) mass is 257 g/mol. The number of fused-ring (bicyclic) bond motifs is 1. The zero-order chi connectivity index (χ0) is 13.4. The molecule has 19 heavy (non-hydrogen) atoms. The van der Waals surface area contributed by atoms with E-state index in [1.165, 1.54) is 17.6 Å². The number of ether oxygens (including phenoxy) is 1. The van der Waals surface area contributed by atoms with Crippen molar-refractivity contribution in [2.24, 2.45) is 0 Å². The summed E-state index contributed by atoms with van der Waals surface area (Å²) in [4.78, 5) is 0. The van der Waals surface area contributed by atoms with Crippen molar-refractivity contribution in [3.05, 3.63) is 35.1 Å². The Hall–Kier alpha value is -1.90. The highest BCUT2D eigenvalue weighted by Crippen LogP contribution is 2.40. The van der Waals surface area contributed by atoms with Crippen molar-refractivity contribution in [1.29, 1.82) is 0 Å². The van der Waals surface area contributed by atoms with Crippen LogP contribution in [0.25, 0.3) is 16.7 Å². The van der Waals surface area contributed by atoms with Crippen LogP contribution in [0.1, 0.15) is 37.5 Å². The molecule has 0 atom stereocenters. The largest absolute Gasteiger partial charge is 0.490 e. The van der Waals surface area contributed by atoms with Gasteiger partial charge in [0.05, 0.1) is 12.3 Å². The lowest BCUT2D eigenvalue weighted by atomic mass is 9.90. The molecule has 0 radical (unpaired) electrons. The maximum Gasteiger partial charge on any atom is 0.192 e. The molecule has 0 bridgehead atoms. The van der Waals surface area contributed by atoms with Gasteiger partial charge >= 0.3 is 0 Å². The van der Waals surface area contributed by atoms with Crippen molar-refractivity contribution in [2.45, 2.75) is 33.1 Å². The van der Waals surface area contributed by atoms with E-state index in [-0.39, 0.29) is 0 Å². The molecule has 1 fully saturated rings. The van der Waals surface area contributed by atoms with E-state index in [2.05, 4.69) is 6.07 Å². The number of hydrogen-bond acceptors (Lipinski definition) is 3. The molecular formula is C16H19NO2. The first kappa shape index (κ1) is 12.2. The van der Waals surface area contributed by atoms with Crippen LogP contribution in [0.4, 0.5) is 5.69 Å². The van der Waals surface area contributed by atoms with Crippen LogP contribution in [0, 0.1) is 6.92 Å². The highest BCUT2D eigenvalue weighted by molar-refractivity contribution is 5.95. The van der Waals surface area contributed by atoms with Crippen LogP contribution in [0.5, 0.6) is 0 Å². The van der Waals surface area contributed by atoms with E-state index in [1.807, 2.05) is 26.0 Å². The second kappa shape index (κ2) is 4.65. The number of allylic oxidation sites excluding steroid dienone is 1. The topological polar surface area (TPSA) is 48.4 Å². The molecule has 0 saturated heterocycles. The van der Waals surface area contributed by atoms with Gasteiger partial charge in [-0.3, -0.25) is 0 Å². The Balaban J connectivity index is 2.15. The van der Waals surface area contributed by atoms with Gasteiger partial charge in [-0.15, -0.1) is 0 Å². The summed E-state index contributed by atoms with van der Waals surface area (Å²) in [7, 11) is 0. The van der Waals surface area contributed by atoms with Crippen LogP contribution >= 0.6 is 0 Å². The Labute approximate surface area is 113 Å². The minimum absolute atomic E-state index is 0.633. The molecule has 1 aromatic heterocycles. The number of rotatable bonds is 3. The van der Waals surface area contributed by atoms with Gasteiger partial charge in [0.25, 0.3) is 0 Å². The Morgan fingerprint density at radius 2 is 2.16 bits per heavy atom. The Kier molecular flexibility index (Phi) is 2.97. The van der Waals surface area contributed by atoms with Crippen LogP contribution in [0.3, 0.4) is 0 Å². The number of anilines is 1. The van der Waals surface area contributed by atoms with Crippen molar-refractivity contribution in [1.82, 2.24) is 0 Å². The predicted octanol–water partition coefficient (Wildman–Crippen LogP) is 4.25. The molecule has 1 aromatic carbocycles. The van der Waals surface area contributed by atoms with Crippen molar-refractivity contribution >= 4 is 22.4 Å². The lowest BCUT2D eigenvalue weighted by molar-refractivity contribution is 0.281. The highest BCUT2D eigenvalue weighted by atomic mass is 16.5. The quantitative estimate of drug-likeness (QED) is 0.836. The van der Waals surface area contributed by atoms with Gasteiger partial charge in [-0.05, 0) is 56.4 Å². The van der Waals surface area contributed by atoms with Crippen molar-refractivity contribution in [3.63, 3.8) is 0 Å². The molecule has 2 N–H and O–H groups in total. The zero-order valence-electron chi connectivity index (χ0n) is 11.5. The number of aryl methyl sites for hydroxylation is 1. The van der Waals surface area contributed by atoms with Gasteiger partial charge in [-0.1, -0.05) is 6.07 Å². The third kappa shape index (κ3) is 1.99. The number of furan rings is 1. The Bertz CT molecular complexity index is 646. The average molecular weight is 257 g/mol. The van der Waals surface area contributed by atoms with Gasteiger partial charge in [0.2, 0.25) is 0 Å². The molecule has 100 valence electrons. The SMILES string of the molecule is CCOC(=C1CCC1)c1oc2cc(C)ccc2c1N. The van der Waals surface area contributed by atoms with E-state index in [0.29, 0.717) is 18.1 Å². The Morgan fingerprint density at radius 1 is 1.37 bits per heavy atom. The summed E-state index contributed by atoms with van der Waals surface area (Å²) in [6.45, 7) is 4.67. The average Bonchev–Trinajstić information content (AvgIpc) is 2.63. The molecule has 3 heteroatoms. The van der Waals surface area contributed by atoms with E-state index < -0.39 is 0 Å². The molecule has 0 amide bonds. The maximum atomic E-state index is 6.23. The standard InChI is InChI=1S/C16H19NO2/c1-3-18-15(11-5-4-6-11)16-14(17)12-8-7-10(2)9-13(12)19-16/h7-9H,3-6,17H2,1-2H3. The molecular weight excluding hydrogens is 238 g/mol. The van der Waals surface area contributed by atoms with Gasteiger partial charge in [-0.2, -0.15) is 0 Å². The highest BCUT2D eigenvalue weighted by Gasteiger charge is 2.23. The molecule has 1 heterocycles. The number of hydrogen-bond donors (Lipinski definition) is 1. The van der Waals surface area contributed by atoms with Crippen molar-refractivity contribution in [2.75, 3.05) is 12.3 Å². The number of nitrogens with two attached hydrogens (primary N) is 1. The van der Waals surface area contributed by atoms with Gasteiger partial charge in [0.1, 0.15) is 5.58 Å². The summed E-state index contributed by atoms with van der Waals surface area (Å²) in [5, 5.41) is 0.970. The van der Waals surface area contributed by atoms with Gasteiger partial charge in [0.15, 0.2) is 11.5 Å². The predicted molar refractivity (Wildman–Crippen MR) is 77.8 cm³/mol. The minimum Gasteiger partial charge on any atom is -0.490 e. The third-order valence-electron chi connectivity index (χ3n) is 3.66.